The van der Waals surface area contributed by atoms with Gasteiger partial charge in [0, 0.05) is 36.6 Å². The van der Waals surface area contributed by atoms with Crippen molar-refractivity contribution in [3.63, 3.8) is 0 Å². The molecule has 3 aromatic rings. The highest BCUT2D eigenvalue weighted by molar-refractivity contribution is 7.16. The normalized spacial score (nSPS) is 15.7. The Morgan fingerprint density at radius 3 is 2.40 bits per heavy atom. The number of rotatable bonds is 6. The first-order valence-corrected chi connectivity index (χ1v) is 12.9. The molecular weight excluding hydrogens is 454 g/mol. The number of carbonyl (C=O) groups excluding carboxylic acids is 1. The molecule has 4 rings (SSSR count). The van der Waals surface area contributed by atoms with Crippen LogP contribution >= 0.6 is 11.3 Å². The Morgan fingerprint density at radius 2 is 1.80 bits per heavy atom. The Labute approximate surface area is 212 Å². The van der Waals surface area contributed by atoms with E-state index in [9.17, 15) is 4.79 Å². The van der Waals surface area contributed by atoms with Crippen LogP contribution in [-0.4, -0.2) is 33.3 Å². The lowest BCUT2D eigenvalue weighted by Gasteiger charge is -2.33. The molecule has 0 fully saturated rings. The monoisotopic (exact) mass is 489 g/mol. The summed E-state index contributed by atoms with van der Waals surface area (Å²) in [4.78, 5) is 21.7. The third-order valence-electron chi connectivity index (χ3n) is 6.79. The number of aliphatic imine (C=N–C) groups is 1. The summed E-state index contributed by atoms with van der Waals surface area (Å²) in [6, 6.07) is 15.7. The second-order valence-electron chi connectivity index (χ2n) is 10.4. The Bertz CT molecular complexity index is 1200. The second-order valence-corrected chi connectivity index (χ2v) is 11.5. The molecule has 184 valence electrons. The maximum Gasteiger partial charge on any atom is 0.259 e. The Balaban J connectivity index is 1.66. The number of hydrogen-bond acceptors (Lipinski definition) is 5. The van der Waals surface area contributed by atoms with Gasteiger partial charge in [-0.25, -0.2) is 4.99 Å². The van der Waals surface area contributed by atoms with Crippen molar-refractivity contribution < 1.29 is 9.53 Å². The van der Waals surface area contributed by atoms with E-state index in [1.807, 2.05) is 44.6 Å². The molecule has 1 aliphatic rings. The fourth-order valence-electron chi connectivity index (χ4n) is 4.50. The Morgan fingerprint density at radius 1 is 1.11 bits per heavy atom. The molecule has 1 aliphatic carbocycles. The molecule has 6 heteroatoms. The quantitative estimate of drug-likeness (QED) is 0.380. The number of nitrogens with one attached hydrogen (secondary N) is 1. The summed E-state index contributed by atoms with van der Waals surface area (Å²) in [5.74, 6) is 1.26. The van der Waals surface area contributed by atoms with Crippen molar-refractivity contribution in [2.45, 2.75) is 40.0 Å². The van der Waals surface area contributed by atoms with Gasteiger partial charge < -0.3 is 15.0 Å². The summed E-state index contributed by atoms with van der Waals surface area (Å²) in [6.07, 6.45) is 4.86. The number of benzene rings is 2. The van der Waals surface area contributed by atoms with Gasteiger partial charge in [0.2, 0.25) is 0 Å². The van der Waals surface area contributed by atoms with Crippen LogP contribution in [0.1, 0.15) is 53.6 Å². The first-order valence-electron chi connectivity index (χ1n) is 12.1. The second kappa shape index (κ2) is 10.2. The molecule has 0 radical (unpaired) electrons. The zero-order valence-electron chi connectivity index (χ0n) is 21.5. The summed E-state index contributed by atoms with van der Waals surface area (Å²) < 4.78 is 5.24. The molecule has 0 saturated heterocycles. The van der Waals surface area contributed by atoms with Crippen LogP contribution in [0.2, 0.25) is 0 Å². The number of carbonyl (C=O) groups is 1. The molecule has 1 atom stereocenters. The first-order chi connectivity index (χ1) is 16.7. The van der Waals surface area contributed by atoms with Crippen LogP contribution in [0, 0.1) is 11.3 Å². The first kappa shape index (κ1) is 25.0. The van der Waals surface area contributed by atoms with Crippen molar-refractivity contribution in [2.24, 2.45) is 16.3 Å². The number of amides is 1. The third-order valence-corrected chi connectivity index (χ3v) is 7.95. The maximum atomic E-state index is 13.5. The number of methoxy groups -OCH3 is 1. The van der Waals surface area contributed by atoms with E-state index in [0.29, 0.717) is 11.5 Å². The largest absolute Gasteiger partial charge is 0.497 e. The smallest absolute Gasteiger partial charge is 0.259 e. The highest BCUT2D eigenvalue weighted by atomic mass is 32.1. The zero-order chi connectivity index (χ0) is 25.2. The van der Waals surface area contributed by atoms with Crippen LogP contribution < -0.4 is 15.0 Å². The van der Waals surface area contributed by atoms with Crippen LogP contribution in [0.4, 0.5) is 16.4 Å². The topological polar surface area (TPSA) is 53.9 Å². The number of anilines is 2. The predicted octanol–water partition coefficient (Wildman–Crippen LogP) is 6.98. The molecule has 0 saturated carbocycles. The standard InChI is InChI=1S/C29H35N3O2S/c1-29(2,3)20-9-16-24-25(17-20)35-28(30-18-19-7-12-22(13-8-19)32(4)5)26(24)27(33)31-21-10-14-23(34-6)15-11-21/h7-8,10-15,18,20H,9,16-17H2,1-6H3,(H,31,33)/b30-18+. The van der Waals surface area contributed by atoms with Crippen LogP contribution in [0.5, 0.6) is 5.75 Å². The molecule has 1 aromatic heterocycles. The molecule has 35 heavy (non-hydrogen) atoms. The summed E-state index contributed by atoms with van der Waals surface area (Å²) in [6.45, 7) is 6.93. The molecular formula is C29H35N3O2S. The molecule has 0 aliphatic heterocycles. The van der Waals surface area contributed by atoms with Crippen molar-refractivity contribution >= 4 is 39.8 Å². The van der Waals surface area contributed by atoms with E-state index >= 15 is 0 Å². The van der Waals surface area contributed by atoms with E-state index in [1.54, 1.807) is 18.4 Å². The Kier molecular flexibility index (Phi) is 7.31. The van der Waals surface area contributed by atoms with Gasteiger partial charge in [0.05, 0.1) is 12.7 Å². The summed E-state index contributed by atoms with van der Waals surface area (Å²) >= 11 is 1.67. The molecule has 5 nitrogen and oxygen atoms in total. The number of nitrogens with zero attached hydrogens (tertiary/aromatic N) is 2. The molecule has 1 heterocycles. The third kappa shape index (κ3) is 5.76. The lowest BCUT2D eigenvalue weighted by Crippen LogP contribution is -2.27. The van der Waals surface area contributed by atoms with Crippen molar-refractivity contribution in [3.8, 4) is 5.75 Å². The minimum Gasteiger partial charge on any atom is -0.497 e. The number of hydrogen-bond donors (Lipinski definition) is 1. The number of fused-ring (bicyclic) bond motifs is 1. The van der Waals surface area contributed by atoms with Gasteiger partial charge in [0.25, 0.3) is 5.91 Å². The molecule has 0 spiro atoms. The molecule has 1 unspecified atom stereocenters. The number of thiophene rings is 1. The van der Waals surface area contributed by atoms with E-state index in [0.717, 1.165) is 52.5 Å². The highest BCUT2D eigenvalue weighted by Gasteiger charge is 2.33. The van der Waals surface area contributed by atoms with Gasteiger partial charge in [-0.2, -0.15) is 0 Å². The maximum absolute atomic E-state index is 13.5. The van der Waals surface area contributed by atoms with Gasteiger partial charge in [-0.3, -0.25) is 4.79 Å². The van der Waals surface area contributed by atoms with Crippen LogP contribution in [0.25, 0.3) is 0 Å². The van der Waals surface area contributed by atoms with E-state index < -0.39 is 0 Å². The average Bonchev–Trinajstić information content (AvgIpc) is 3.20. The predicted molar refractivity (Wildman–Crippen MR) is 148 cm³/mol. The molecule has 1 N–H and O–H groups in total. The van der Waals surface area contributed by atoms with E-state index in [1.165, 1.54) is 4.88 Å². The minimum atomic E-state index is -0.100. The van der Waals surface area contributed by atoms with Crippen molar-refractivity contribution in [2.75, 3.05) is 31.4 Å². The van der Waals surface area contributed by atoms with Gasteiger partial charge in [-0.05, 0) is 78.1 Å². The van der Waals surface area contributed by atoms with Crippen molar-refractivity contribution in [3.05, 3.63) is 70.1 Å². The number of ether oxygens (including phenoxy) is 1. The minimum absolute atomic E-state index is 0.100. The SMILES string of the molecule is COc1ccc(NC(=O)c2c(/N=C/c3ccc(N(C)C)cc3)sc3c2CCC(C(C)(C)C)C3)cc1. The lowest BCUT2D eigenvalue weighted by atomic mass is 9.72. The fraction of sp³-hybridized carbons (Fsp3) is 0.379. The van der Waals surface area contributed by atoms with Crippen molar-refractivity contribution in [1.82, 2.24) is 0 Å². The molecule has 0 bridgehead atoms. The lowest BCUT2D eigenvalue weighted by molar-refractivity contribution is 0.102. The van der Waals surface area contributed by atoms with Gasteiger partial charge >= 0.3 is 0 Å². The van der Waals surface area contributed by atoms with E-state index in [-0.39, 0.29) is 11.3 Å². The average molecular weight is 490 g/mol. The Hall–Kier alpha value is -3.12. The van der Waals surface area contributed by atoms with Gasteiger partial charge in [-0.1, -0.05) is 32.9 Å². The van der Waals surface area contributed by atoms with E-state index in [4.69, 9.17) is 9.73 Å². The van der Waals surface area contributed by atoms with Crippen LogP contribution in [-0.2, 0) is 12.8 Å². The van der Waals surface area contributed by atoms with Gasteiger partial charge in [-0.15, -0.1) is 11.3 Å². The van der Waals surface area contributed by atoms with Gasteiger partial charge in [0.15, 0.2) is 0 Å². The van der Waals surface area contributed by atoms with Crippen LogP contribution in [0.3, 0.4) is 0 Å². The van der Waals surface area contributed by atoms with Gasteiger partial charge in [0.1, 0.15) is 10.8 Å². The summed E-state index contributed by atoms with van der Waals surface area (Å²) in [5, 5.41) is 3.86. The highest BCUT2D eigenvalue weighted by Crippen LogP contribution is 2.45. The summed E-state index contributed by atoms with van der Waals surface area (Å²) in [5.41, 5.74) is 5.02. The molecule has 1 amide bonds. The molecule has 2 aromatic carbocycles. The fourth-order valence-corrected chi connectivity index (χ4v) is 5.76. The zero-order valence-corrected chi connectivity index (χ0v) is 22.3. The van der Waals surface area contributed by atoms with Crippen LogP contribution in [0.15, 0.2) is 53.5 Å². The summed E-state index contributed by atoms with van der Waals surface area (Å²) in [7, 11) is 5.68. The van der Waals surface area contributed by atoms with E-state index in [2.05, 4.69) is 55.3 Å². The van der Waals surface area contributed by atoms with Crippen molar-refractivity contribution in [1.29, 1.82) is 0 Å².